The molecule has 2 atom stereocenters. The van der Waals surface area contributed by atoms with Crippen LogP contribution in [0.1, 0.15) is 17.5 Å². The number of nitrogens with zero attached hydrogens (tertiary/aromatic N) is 4. The number of ether oxygens (including phenoxy) is 2. The zero-order valence-corrected chi connectivity index (χ0v) is 21.7. The second kappa shape index (κ2) is 12.5. The van der Waals surface area contributed by atoms with Crippen molar-refractivity contribution in [3.63, 3.8) is 0 Å². The zero-order valence-electron chi connectivity index (χ0n) is 21.7. The maximum absolute atomic E-state index is 12.8. The molecule has 2 heterocycles. The first kappa shape index (κ1) is 26.4. The minimum atomic E-state index is -0.520. The maximum atomic E-state index is 12.8. The number of rotatable bonds is 11. The molecule has 3 aromatic rings. The van der Waals surface area contributed by atoms with Crippen LogP contribution in [-0.2, 0) is 27.4 Å². The summed E-state index contributed by atoms with van der Waals surface area (Å²) in [5, 5.41) is 7.08. The van der Waals surface area contributed by atoms with E-state index in [-0.39, 0.29) is 24.4 Å². The van der Waals surface area contributed by atoms with Gasteiger partial charge >= 0.3 is 0 Å². The van der Waals surface area contributed by atoms with E-state index in [1.54, 1.807) is 24.3 Å². The molecule has 9 nitrogen and oxygen atoms in total. The molecule has 2 aromatic carbocycles. The Kier molecular flexibility index (Phi) is 8.92. The van der Waals surface area contributed by atoms with E-state index in [0.717, 1.165) is 12.3 Å². The molecule has 1 N–H and O–H groups in total. The van der Waals surface area contributed by atoms with Gasteiger partial charge in [-0.05, 0) is 31.7 Å². The normalized spacial score (nSPS) is 17.1. The zero-order chi connectivity index (χ0) is 26.2. The van der Waals surface area contributed by atoms with Gasteiger partial charge in [0.05, 0.1) is 25.0 Å². The summed E-state index contributed by atoms with van der Waals surface area (Å²) < 4.78 is 13.0. The second-order valence-electron chi connectivity index (χ2n) is 9.50. The van der Waals surface area contributed by atoms with Crippen molar-refractivity contribution in [2.45, 2.75) is 38.6 Å². The number of aromatic nitrogens is 2. The number of amides is 2. The van der Waals surface area contributed by atoms with Crippen molar-refractivity contribution in [1.29, 1.82) is 0 Å². The van der Waals surface area contributed by atoms with Crippen molar-refractivity contribution in [2.75, 3.05) is 39.2 Å². The number of carbonyl (C=O) groups excluding carboxylic acids is 2. The Morgan fingerprint density at radius 1 is 1.14 bits per heavy atom. The number of likely N-dealkylation sites (N-methyl/N-ethyl adjacent to an activating group) is 2. The quantitative estimate of drug-likeness (QED) is 0.431. The highest BCUT2D eigenvalue weighted by atomic mass is 16.5. The number of aryl methyl sites for hydroxylation is 1. The fourth-order valence-corrected chi connectivity index (χ4v) is 4.16. The average molecular weight is 506 g/mol. The topological polar surface area (TPSA) is 88.9 Å². The van der Waals surface area contributed by atoms with Crippen LogP contribution in [0, 0.1) is 6.92 Å². The molecular formula is C28H35N5O4. The van der Waals surface area contributed by atoms with Gasteiger partial charge in [-0.2, -0.15) is 5.10 Å². The monoisotopic (exact) mass is 505 g/mol. The largest absolute Gasteiger partial charge is 0.492 e. The van der Waals surface area contributed by atoms with Crippen LogP contribution in [0.15, 0.2) is 67.0 Å². The van der Waals surface area contributed by atoms with Gasteiger partial charge in [-0.1, -0.05) is 48.0 Å². The first-order chi connectivity index (χ1) is 17.9. The molecule has 1 saturated heterocycles. The molecule has 9 heteroatoms. The summed E-state index contributed by atoms with van der Waals surface area (Å²) >= 11 is 0. The molecule has 196 valence electrons. The second-order valence-corrected chi connectivity index (χ2v) is 9.50. The summed E-state index contributed by atoms with van der Waals surface area (Å²) in [4.78, 5) is 29.1. The highest BCUT2D eigenvalue weighted by Gasteiger charge is 2.33. The van der Waals surface area contributed by atoms with Gasteiger partial charge < -0.3 is 19.7 Å². The van der Waals surface area contributed by atoms with Gasteiger partial charge in [0.15, 0.2) is 0 Å². The maximum Gasteiger partial charge on any atom is 0.253 e. The minimum Gasteiger partial charge on any atom is -0.492 e. The van der Waals surface area contributed by atoms with Gasteiger partial charge in [-0.15, -0.1) is 0 Å². The summed E-state index contributed by atoms with van der Waals surface area (Å²) in [6.45, 7) is 4.26. The SMILES string of the molecule is Cc1ccc(OCCN(C)C(=O)Cn2cc(NC(=O)[C@H]3C[C@H](N(C)Cc4ccccc4)CO3)cn2)cc1. The Balaban J connectivity index is 1.19. The molecule has 0 bridgehead atoms. The highest BCUT2D eigenvalue weighted by Crippen LogP contribution is 2.21. The molecule has 1 aliphatic rings. The molecule has 1 aromatic heterocycles. The third kappa shape index (κ3) is 7.65. The van der Waals surface area contributed by atoms with Crippen molar-refractivity contribution in [3.8, 4) is 5.75 Å². The van der Waals surface area contributed by atoms with Crippen molar-refractivity contribution < 1.29 is 19.1 Å². The van der Waals surface area contributed by atoms with Crippen molar-refractivity contribution in [3.05, 3.63) is 78.1 Å². The van der Waals surface area contributed by atoms with Crippen LogP contribution < -0.4 is 10.1 Å². The van der Waals surface area contributed by atoms with Crippen LogP contribution in [0.4, 0.5) is 5.69 Å². The van der Waals surface area contributed by atoms with E-state index in [2.05, 4.69) is 27.4 Å². The molecule has 2 amide bonds. The predicted molar refractivity (Wildman–Crippen MR) is 141 cm³/mol. The van der Waals surface area contributed by atoms with Gasteiger partial charge in [0.2, 0.25) is 5.91 Å². The molecule has 0 unspecified atom stereocenters. The van der Waals surface area contributed by atoms with E-state index in [1.807, 2.05) is 56.4 Å². The van der Waals surface area contributed by atoms with Crippen LogP contribution in [0.3, 0.4) is 0 Å². The Morgan fingerprint density at radius 3 is 2.65 bits per heavy atom. The van der Waals surface area contributed by atoms with Crippen LogP contribution in [0.5, 0.6) is 5.75 Å². The van der Waals surface area contributed by atoms with E-state index in [1.165, 1.54) is 15.8 Å². The molecule has 0 saturated carbocycles. The molecule has 0 aliphatic carbocycles. The standard InChI is InChI=1S/C28H35N5O4/c1-21-9-11-25(12-10-21)36-14-13-31(2)27(34)19-33-18-23(16-29-33)30-28(35)26-15-24(20-37-26)32(3)17-22-7-5-4-6-8-22/h4-12,16,18,24,26H,13-15,17,19-20H2,1-3H3,(H,30,35)/t24-,26+/m0/s1. The number of carbonyl (C=O) groups is 2. The van der Waals surface area contributed by atoms with Crippen LogP contribution >= 0.6 is 0 Å². The van der Waals surface area contributed by atoms with E-state index in [0.29, 0.717) is 31.9 Å². The van der Waals surface area contributed by atoms with Crippen LogP contribution in [0.25, 0.3) is 0 Å². The average Bonchev–Trinajstić information content (AvgIpc) is 3.56. The minimum absolute atomic E-state index is 0.0726. The Hall–Kier alpha value is -3.69. The molecule has 4 rings (SSSR count). The summed E-state index contributed by atoms with van der Waals surface area (Å²) in [7, 11) is 3.78. The molecule has 0 radical (unpaired) electrons. The van der Waals surface area contributed by atoms with Gasteiger partial charge in [-0.25, -0.2) is 0 Å². The highest BCUT2D eigenvalue weighted by molar-refractivity contribution is 5.94. The Labute approximate surface area is 218 Å². The summed E-state index contributed by atoms with van der Waals surface area (Å²) in [5.41, 5.74) is 2.93. The van der Waals surface area contributed by atoms with E-state index < -0.39 is 6.10 Å². The van der Waals surface area contributed by atoms with Gasteiger partial charge in [0.25, 0.3) is 5.91 Å². The smallest absolute Gasteiger partial charge is 0.253 e. The van der Waals surface area contributed by atoms with Gasteiger partial charge in [0.1, 0.15) is 25.0 Å². The lowest BCUT2D eigenvalue weighted by molar-refractivity contribution is -0.131. The van der Waals surface area contributed by atoms with E-state index >= 15 is 0 Å². The number of hydrogen-bond acceptors (Lipinski definition) is 6. The summed E-state index contributed by atoms with van der Waals surface area (Å²) in [5.74, 6) is 0.475. The van der Waals surface area contributed by atoms with Crippen molar-refractivity contribution in [2.24, 2.45) is 0 Å². The first-order valence-corrected chi connectivity index (χ1v) is 12.5. The van der Waals surface area contributed by atoms with Crippen LogP contribution in [0.2, 0.25) is 0 Å². The number of hydrogen-bond donors (Lipinski definition) is 1. The molecule has 0 spiro atoms. The lowest BCUT2D eigenvalue weighted by Gasteiger charge is -2.22. The van der Waals surface area contributed by atoms with Gasteiger partial charge in [-0.3, -0.25) is 19.2 Å². The van der Waals surface area contributed by atoms with Crippen LogP contribution in [-0.4, -0.2) is 77.4 Å². The summed E-state index contributed by atoms with van der Waals surface area (Å²) in [6, 6.07) is 18.2. The molecule has 1 aliphatic heterocycles. The number of benzene rings is 2. The lowest BCUT2D eigenvalue weighted by atomic mass is 10.1. The van der Waals surface area contributed by atoms with E-state index in [9.17, 15) is 9.59 Å². The predicted octanol–water partition coefficient (Wildman–Crippen LogP) is 2.96. The fourth-order valence-electron chi connectivity index (χ4n) is 4.16. The number of anilines is 1. The third-order valence-corrected chi connectivity index (χ3v) is 6.51. The Bertz CT molecular complexity index is 1160. The Morgan fingerprint density at radius 2 is 1.89 bits per heavy atom. The summed E-state index contributed by atoms with van der Waals surface area (Å²) in [6.07, 6.45) is 3.30. The number of nitrogens with one attached hydrogen (secondary N) is 1. The molecular weight excluding hydrogens is 470 g/mol. The van der Waals surface area contributed by atoms with Crippen molar-refractivity contribution >= 4 is 17.5 Å². The lowest BCUT2D eigenvalue weighted by Crippen LogP contribution is -2.33. The third-order valence-electron chi connectivity index (χ3n) is 6.51. The van der Waals surface area contributed by atoms with E-state index in [4.69, 9.17) is 9.47 Å². The van der Waals surface area contributed by atoms with Crippen molar-refractivity contribution in [1.82, 2.24) is 19.6 Å². The fraction of sp³-hybridized carbons (Fsp3) is 0.393. The first-order valence-electron chi connectivity index (χ1n) is 12.5. The molecule has 37 heavy (non-hydrogen) atoms. The molecule has 1 fully saturated rings. The van der Waals surface area contributed by atoms with Gasteiger partial charge in [0, 0.05) is 32.3 Å².